The molecule has 0 aromatic heterocycles. The lowest BCUT2D eigenvalue weighted by Crippen LogP contribution is -2.35. The first kappa shape index (κ1) is 14.8. The first-order valence-electron chi connectivity index (χ1n) is 6.62. The maximum absolute atomic E-state index is 11.9. The predicted molar refractivity (Wildman–Crippen MR) is 70.3 cm³/mol. The number of hydrogen-bond donors (Lipinski definition) is 1. The van der Waals surface area contributed by atoms with Crippen molar-refractivity contribution >= 4 is 17.5 Å². The predicted octanol–water partition coefficient (Wildman–Crippen LogP) is 2.57. The molecule has 1 rings (SSSR count). The molecule has 0 bridgehead atoms. The van der Waals surface area contributed by atoms with Gasteiger partial charge < -0.3 is 10.1 Å². The molecule has 1 amide bonds. The highest BCUT2D eigenvalue weighted by atomic mass is 35.5. The number of nitrogens with one attached hydrogen (secondary N) is 1. The van der Waals surface area contributed by atoms with Crippen LogP contribution in [-0.4, -0.2) is 31.0 Å². The second-order valence-electron chi connectivity index (χ2n) is 4.95. The molecular weight excluding hydrogens is 238 g/mol. The summed E-state index contributed by atoms with van der Waals surface area (Å²) in [5.41, 5.74) is 0. The Morgan fingerprint density at radius 2 is 2.29 bits per heavy atom. The van der Waals surface area contributed by atoms with Crippen LogP contribution in [0.3, 0.4) is 0 Å². The van der Waals surface area contributed by atoms with Crippen LogP contribution in [0.5, 0.6) is 0 Å². The second-order valence-corrected chi connectivity index (χ2v) is 5.33. The van der Waals surface area contributed by atoms with E-state index in [4.69, 9.17) is 16.3 Å². The summed E-state index contributed by atoms with van der Waals surface area (Å²) in [7, 11) is 0. The Morgan fingerprint density at radius 3 is 2.82 bits per heavy atom. The first-order chi connectivity index (χ1) is 8.17. The summed E-state index contributed by atoms with van der Waals surface area (Å²) in [5.74, 6) is 1.37. The van der Waals surface area contributed by atoms with E-state index in [0.717, 1.165) is 32.2 Å². The van der Waals surface area contributed by atoms with E-state index in [1.54, 1.807) is 0 Å². The summed E-state index contributed by atoms with van der Waals surface area (Å²) in [6.45, 7) is 5.50. The van der Waals surface area contributed by atoms with E-state index in [9.17, 15) is 4.79 Å². The van der Waals surface area contributed by atoms with Crippen LogP contribution in [0, 0.1) is 11.8 Å². The third kappa shape index (κ3) is 5.26. The Hall–Kier alpha value is -0.280. The summed E-state index contributed by atoms with van der Waals surface area (Å²) >= 11 is 5.76. The summed E-state index contributed by atoms with van der Waals surface area (Å²) in [4.78, 5) is 11.9. The average Bonchev–Trinajstić information content (AvgIpc) is 2.73. The number of halogens is 1. The van der Waals surface area contributed by atoms with Gasteiger partial charge in [0.15, 0.2) is 0 Å². The lowest BCUT2D eigenvalue weighted by Gasteiger charge is -2.17. The van der Waals surface area contributed by atoms with Crippen LogP contribution in [0.15, 0.2) is 0 Å². The Bertz CT molecular complexity index is 229. The molecule has 1 fully saturated rings. The van der Waals surface area contributed by atoms with Crippen LogP contribution in [-0.2, 0) is 9.53 Å². The fourth-order valence-corrected chi connectivity index (χ4v) is 2.61. The van der Waals surface area contributed by atoms with Gasteiger partial charge in [-0.3, -0.25) is 4.79 Å². The SMILES string of the molecule is CCCC(CCCl)CNC(=O)C1COC(C)C1. The van der Waals surface area contributed by atoms with E-state index >= 15 is 0 Å². The van der Waals surface area contributed by atoms with Crippen molar-refractivity contribution in [2.24, 2.45) is 11.8 Å². The smallest absolute Gasteiger partial charge is 0.225 e. The summed E-state index contributed by atoms with van der Waals surface area (Å²) in [6.07, 6.45) is 4.32. The van der Waals surface area contributed by atoms with Crippen molar-refractivity contribution in [3.63, 3.8) is 0 Å². The minimum absolute atomic E-state index is 0.0447. The van der Waals surface area contributed by atoms with Crippen molar-refractivity contribution in [2.45, 2.75) is 45.6 Å². The Balaban J connectivity index is 2.25. The number of carbonyl (C=O) groups is 1. The number of hydrogen-bond acceptors (Lipinski definition) is 2. The first-order valence-corrected chi connectivity index (χ1v) is 7.16. The van der Waals surface area contributed by atoms with Gasteiger partial charge in [0.05, 0.1) is 18.6 Å². The maximum Gasteiger partial charge on any atom is 0.225 e. The van der Waals surface area contributed by atoms with Crippen molar-refractivity contribution < 1.29 is 9.53 Å². The number of rotatable bonds is 7. The van der Waals surface area contributed by atoms with Gasteiger partial charge >= 0.3 is 0 Å². The zero-order chi connectivity index (χ0) is 12.7. The summed E-state index contributed by atoms with van der Waals surface area (Å²) in [5, 5.41) is 3.04. The minimum Gasteiger partial charge on any atom is -0.378 e. The van der Waals surface area contributed by atoms with Gasteiger partial charge in [0.25, 0.3) is 0 Å². The molecule has 0 aromatic rings. The Labute approximate surface area is 109 Å². The van der Waals surface area contributed by atoms with E-state index in [2.05, 4.69) is 12.2 Å². The van der Waals surface area contributed by atoms with Gasteiger partial charge in [-0.2, -0.15) is 0 Å². The molecule has 1 heterocycles. The molecule has 1 saturated heterocycles. The monoisotopic (exact) mass is 261 g/mol. The molecule has 1 N–H and O–H groups in total. The lowest BCUT2D eigenvalue weighted by molar-refractivity contribution is -0.125. The highest BCUT2D eigenvalue weighted by Crippen LogP contribution is 2.19. The number of carbonyl (C=O) groups excluding carboxylic acids is 1. The lowest BCUT2D eigenvalue weighted by atomic mass is 10.00. The molecule has 0 aliphatic carbocycles. The van der Waals surface area contributed by atoms with Crippen LogP contribution < -0.4 is 5.32 Å². The zero-order valence-electron chi connectivity index (χ0n) is 10.9. The molecule has 3 unspecified atom stereocenters. The van der Waals surface area contributed by atoms with E-state index < -0.39 is 0 Å². The fourth-order valence-electron chi connectivity index (χ4n) is 2.30. The van der Waals surface area contributed by atoms with Gasteiger partial charge in [0.2, 0.25) is 5.91 Å². The van der Waals surface area contributed by atoms with E-state index in [-0.39, 0.29) is 17.9 Å². The quantitative estimate of drug-likeness (QED) is 0.716. The average molecular weight is 262 g/mol. The molecule has 0 spiro atoms. The van der Waals surface area contributed by atoms with Crippen molar-refractivity contribution in [1.29, 1.82) is 0 Å². The Morgan fingerprint density at radius 1 is 1.53 bits per heavy atom. The normalized spacial score (nSPS) is 25.8. The maximum atomic E-state index is 11.9. The molecule has 1 aliphatic rings. The van der Waals surface area contributed by atoms with Gasteiger partial charge in [-0.05, 0) is 32.1 Å². The summed E-state index contributed by atoms with van der Waals surface area (Å²) < 4.78 is 5.41. The molecule has 3 atom stereocenters. The van der Waals surface area contributed by atoms with Crippen molar-refractivity contribution in [3.8, 4) is 0 Å². The van der Waals surface area contributed by atoms with Crippen LogP contribution in [0.1, 0.15) is 39.5 Å². The largest absolute Gasteiger partial charge is 0.378 e. The van der Waals surface area contributed by atoms with E-state index in [1.807, 2.05) is 6.92 Å². The molecule has 0 aromatic carbocycles. The fraction of sp³-hybridized carbons (Fsp3) is 0.923. The van der Waals surface area contributed by atoms with Crippen molar-refractivity contribution in [2.75, 3.05) is 19.0 Å². The molecule has 100 valence electrons. The molecular formula is C13H24ClNO2. The van der Waals surface area contributed by atoms with Crippen molar-refractivity contribution in [3.05, 3.63) is 0 Å². The van der Waals surface area contributed by atoms with Gasteiger partial charge in [-0.15, -0.1) is 11.6 Å². The van der Waals surface area contributed by atoms with Gasteiger partial charge in [0, 0.05) is 12.4 Å². The third-order valence-electron chi connectivity index (χ3n) is 3.35. The number of alkyl halides is 1. The molecule has 4 heteroatoms. The Kier molecular flexibility index (Phi) is 6.90. The van der Waals surface area contributed by atoms with Gasteiger partial charge in [-0.1, -0.05) is 13.3 Å². The molecule has 0 radical (unpaired) electrons. The minimum atomic E-state index is 0.0447. The molecule has 0 saturated carbocycles. The summed E-state index contributed by atoms with van der Waals surface area (Å²) in [6, 6.07) is 0. The van der Waals surface area contributed by atoms with Gasteiger partial charge in [-0.25, -0.2) is 0 Å². The van der Waals surface area contributed by atoms with Crippen LogP contribution in [0.2, 0.25) is 0 Å². The number of ether oxygens (including phenoxy) is 1. The van der Waals surface area contributed by atoms with Crippen LogP contribution >= 0.6 is 11.6 Å². The van der Waals surface area contributed by atoms with Crippen LogP contribution in [0.25, 0.3) is 0 Å². The standard InChI is InChI=1S/C13H24ClNO2/c1-3-4-11(5-6-14)8-15-13(16)12-7-10(2)17-9-12/h10-12H,3-9H2,1-2H3,(H,15,16). The molecule has 17 heavy (non-hydrogen) atoms. The highest BCUT2D eigenvalue weighted by molar-refractivity contribution is 6.17. The van der Waals surface area contributed by atoms with Crippen molar-refractivity contribution in [1.82, 2.24) is 5.32 Å². The molecule has 3 nitrogen and oxygen atoms in total. The zero-order valence-corrected chi connectivity index (χ0v) is 11.6. The topological polar surface area (TPSA) is 38.3 Å². The van der Waals surface area contributed by atoms with Crippen LogP contribution in [0.4, 0.5) is 0 Å². The molecule has 1 aliphatic heterocycles. The van der Waals surface area contributed by atoms with E-state index in [1.165, 1.54) is 0 Å². The second kappa shape index (κ2) is 7.93. The van der Waals surface area contributed by atoms with Gasteiger partial charge in [0.1, 0.15) is 0 Å². The van der Waals surface area contributed by atoms with E-state index in [0.29, 0.717) is 18.4 Å². The highest BCUT2D eigenvalue weighted by Gasteiger charge is 2.28. The number of amides is 1. The third-order valence-corrected chi connectivity index (χ3v) is 3.57.